The number of aromatic nitrogens is 2. The number of nitrogens with zero attached hydrogens (tertiary/aromatic N) is 3. The van der Waals surface area contributed by atoms with Crippen LogP contribution >= 0.6 is 0 Å². The van der Waals surface area contributed by atoms with E-state index in [2.05, 4.69) is 5.10 Å². The van der Waals surface area contributed by atoms with Gasteiger partial charge in [-0.3, -0.25) is 9.79 Å². The van der Waals surface area contributed by atoms with Crippen LogP contribution in [-0.4, -0.2) is 40.2 Å². The van der Waals surface area contributed by atoms with Crippen molar-refractivity contribution >= 4 is 27.0 Å². The van der Waals surface area contributed by atoms with Crippen molar-refractivity contribution in [3.8, 4) is 0 Å². The molecule has 0 saturated carbocycles. The molecule has 0 amide bonds. The number of aryl methyl sites for hydroxylation is 1. The molecule has 8 heteroatoms. The first-order valence-corrected chi connectivity index (χ1v) is 12.4. The molecule has 1 spiro atoms. The van der Waals surface area contributed by atoms with Crippen LogP contribution in [0.1, 0.15) is 53.9 Å². The molecule has 2 aliphatic rings. The van der Waals surface area contributed by atoms with E-state index in [-0.39, 0.29) is 23.8 Å². The zero-order valence-electron chi connectivity index (χ0n) is 18.2. The average molecular weight is 451 g/mol. The second-order valence-corrected chi connectivity index (χ2v) is 11.9. The predicted octanol–water partition coefficient (Wildman–Crippen LogP) is 2.86. The molecular weight excluding hydrogens is 424 g/mol. The zero-order chi connectivity index (χ0) is 22.7. The molecule has 7 nitrogen and oxygen atoms in total. The van der Waals surface area contributed by atoms with E-state index in [1.807, 2.05) is 42.6 Å². The fraction of sp³-hybridized carbons (Fsp3) is 0.375. The van der Waals surface area contributed by atoms with E-state index in [0.717, 1.165) is 35.0 Å². The van der Waals surface area contributed by atoms with Gasteiger partial charge in [0.1, 0.15) is 21.8 Å². The van der Waals surface area contributed by atoms with Crippen molar-refractivity contribution in [2.24, 2.45) is 10.7 Å². The highest BCUT2D eigenvalue weighted by Crippen LogP contribution is 2.44. The number of nitrogens with two attached hydrogens (primary N) is 1. The molecule has 166 valence electrons. The number of sulfone groups is 1. The van der Waals surface area contributed by atoms with E-state index < -0.39 is 20.1 Å². The summed E-state index contributed by atoms with van der Waals surface area (Å²) in [6, 6.07) is 13.3. The maximum atomic E-state index is 13.1. The SMILES string of the molecule is CC1(C)C(N)=N[C@@]2(CCCc3ccc(CC(=O)c4cc5ccccn5n4)cc32)CS1(=O)=O. The molecule has 0 fully saturated rings. The highest BCUT2D eigenvalue weighted by Gasteiger charge is 2.51. The Morgan fingerprint density at radius 1 is 1.19 bits per heavy atom. The van der Waals surface area contributed by atoms with Gasteiger partial charge >= 0.3 is 0 Å². The number of hydrogen-bond donors (Lipinski definition) is 1. The van der Waals surface area contributed by atoms with E-state index in [0.29, 0.717) is 12.1 Å². The number of aliphatic imine (C=N–C) groups is 1. The molecule has 1 aliphatic heterocycles. The monoisotopic (exact) mass is 450 g/mol. The molecule has 5 rings (SSSR count). The topological polar surface area (TPSA) is 107 Å². The highest BCUT2D eigenvalue weighted by molar-refractivity contribution is 7.93. The molecule has 3 aromatic rings. The Bertz CT molecular complexity index is 1350. The van der Waals surface area contributed by atoms with Gasteiger partial charge in [0.15, 0.2) is 15.6 Å². The summed E-state index contributed by atoms with van der Waals surface area (Å²) in [6.07, 6.45) is 4.32. The Morgan fingerprint density at radius 2 is 2.00 bits per heavy atom. The summed E-state index contributed by atoms with van der Waals surface area (Å²) in [7, 11) is -3.49. The summed E-state index contributed by atoms with van der Waals surface area (Å²) in [5.41, 5.74) is 9.36. The summed E-state index contributed by atoms with van der Waals surface area (Å²) in [4.78, 5) is 17.7. The minimum Gasteiger partial charge on any atom is -0.386 e. The Hall–Kier alpha value is -3.00. The second-order valence-electron chi connectivity index (χ2n) is 9.34. The van der Waals surface area contributed by atoms with Gasteiger partial charge in [-0.25, -0.2) is 12.9 Å². The predicted molar refractivity (Wildman–Crippen MR) is 124 cm³/mol. The molecule has 0 saturated heterocycles. The van der Waals surface area contributed by atoms with Gasteiger partial charge in [0, 0.05) is 12.6 Å². The van der Waals surface area contributed by atoms with E-state index >= 15 is 0 Å². The van der Waals surface area contributed by atoms with E-state index in [1.165, 1.54) is 0 Å². The third kappa shape index (κ3) is 3.16. The van der Waals surface area contributed by atoms with Crippen LogP contribution < -0.4 is 5.73 Å². The number of benzene rings is 1. The molecule has 1 atom stereocenters. The number of rotatable bonds is 3. The fourth-order valence-corrected chi connectivity index (χ4v) is 6.48. The molecule has 2 N–H and O–H groups in total. The molecule has 0 unspecified atom stereocenters. The van der Waals surface area contributed by atoms with Crippen LogP contribution in [0.25, 0.3) is 5.52 Å². The van der Waals surface area contributed by atoms with Gasteiger partial charge in [0.05, 0.1) is 11.3 Å². The minimum absolute atomic E-state index is 0.0649. The number of amidine groups is 1. The van der Waals surface area contributed by atoms with Crippen LogP contribution in [0.4, 0.5) is 0 Å². The molecule has 1 aliphatic carbocycles. The molecule has 1 aromatic carbocycles. The highest BCUT2D eigenvalue weighted by atomic mass is 32.2. The average Bonchev–Trinajstić information content (AvgIpc) is 3.17. The van der Waals surface area contributed by atoms with Crippen LogP contribution in [-0.2, 0) is 28.2 Å². The second kappa shape index (κ2) is 7.00. The van der Waals surface area contributed by atoms with E-state index in [1.54, 1.807) is 24.4 Å². The minimum atomic E-state index is -3.49. The number of carbonyl (C=O) groups excluding carboxylic acids is 1. The molecule has 0 bridgehead atoms. The number of Topliss-reactive ketones (excluding diaryl/α,β-unsaturated/α-hetero) is 1. The molecule has 2 aromatic heterocycles. The van der Waals surface area contributed by atoms with Crippen molar-refractivity contribution in [3.05, 3.63) is 71.0 Å². The Balaban J connectivity index is 1.52. The molecule has 3 heterocycles. The lowest BCUT2D eigenvalue weighted by Gasteiger charge is -2.43. The maximum absolute atomic E-state index is 13.1. The fourth-order valence-electron chi connectivity index (χ4n) is 4.76. The van der Waals surface area contributed by atoms with Crippen molar-refractivity contribution in [2.75, 3.05) is 5.75 Å². The van der Waals surface area contributed by atoms with Crippen LogP contribution in [0, 0.1) is 0 Å². The third-order valence-corrected chi connectivity index (χ3v) is 9.51. The van der Waals surface area contributed by atoms with E-state index in [9.17, 15) is 13.2 Å². The Morgan fingerprint density at radius 3 is 2.75 bits per heavy atom. The van der Waals surface area contributed by atoms with Crippen molar-refractivity contribution in [1.82, 2.24) is 9.61 Å². The van der Waals surface area contributed by atoms with Gasteiger partial charge in [-0.15, -0.1) is 0 Å². The summed E-state index contributed by atoms with van der Waals surface area (Å²) in [5, 5.41) is 4.37. The van der Waals surface area contributed by atoms with Gasteiger partial charge < -0.3 is 5.73 Å². The number of fused-ring (bicyclic) bond motifs is 3. The number of pyridine rings is 1. The van der Waals surface area contributed by atoms with Crippen molar-refractivity contribution < 1.29 is 13.2 Å². The first-order chi connectivity index (χ1) is 15.1. The Kier molecular flexibility index (Phi) is 4.57. The third-order valence-electron chi connectivity index (χ3n) is 6.89. The lowest BCUT2D eigenvalue weighted by atomic mass is 9.76. The van der Waals surface area contributed by atoms with Crippen molar-refractivity contribution in [3.63, 3.8) is 0 Å². The number of carbonyl (C=O) groups is 1. The first kappa shape index (κ1) is 20.9. The lowest BCUT2D eigenvalue weighted by Crippen LogP contribution is -2.56. The van der Waals surface area contributed by atoms with Crippen LogP contribution in [0.3, 0.4) is 0 Å². The maximum Gasteiger partial charge on any atom is 0.187 e. The molecule has 32 heavy (non-hydrogen) atoms. The van der Waals surface area contributed by atoms with Gasteiger partial charge in [-0.1, -0.05) is 24.3 Å². The first-order valence-electron chi connectivity index (χ1n) is 10.8. The smallest absolute Gasteiger partial charge is 0.187 e. The number of hydrogen-bond acceptors (Lipinski definition) is 6. The zero-order valence-corrected chi connectivity index (χ0v) is 19.0. The standard InChI is InChI=1S/C24H26N4O3S/c1-23(2)22(25)26-24(15-32(23,30)31)10-5-6-17-9-8-16(12-19(17)24)13-21(29)20-14-18-7-3-4-11-28(18)27-20/h3-4,7-9,11-12,14H,5-6,10,13,15H2,1-2H3,(H2,25,26)/t24-/m0/s1. The van der Waals surface area contributed by atoms with Crippen LogP contribution in [0.2, 0.25) is 0 Å². The molecular formula is C24H26N4O3S. The van der Waals surface area contributed by atoms with Gasteiger partial charge in [-0.2, -0.15) is 5.10 Å². The summed E-state index contributed by atoms with van der Waals surface area (Å²) >= 11 is 0. The Labute approximate surface area is 187 Å². The van der Waals surface area contributed by atoms with Gasteiger partial charge in [0.2, 0.25) is 0 Å². The summed E-state index contributed by atoms with van der Waals surface area (Å²) in [6.45, 7) is 3.23. The van der Waals surface area contributed by atoms with Crippen LogP contribution in [0.15, 0.2) is 53.7 Å². The van der Waals surface area contributed by atoms with Crippen molar-refractivity contribution in [2.45, 2.75) is 49.8 Å². The van der Waals surface area contributed by atoms with Crippen molar-refractivity contribution in [1.29, 1.82) is 0 Å². The summed E-state index contributed by atoms with van der Waals surface area (Å²) < 4.78 is 26.7. The molecule has 0 radical (unpaired) electrons. The van der Waals surface area contributed by atoms with Gasteiger partial charge in [-0.05, 0) is 68.0 Å². The van der Waals surface area contributed by atoms with Gasteiger partial charge in [0.25, 0.3) is 0 Å². The summed E-state index contributed by atoms with van der Waals surface area (Å²) in [5.74, 6) is 0.00608. The lowest BCUT2D eigenvalue weighted by molar-refractivity contribution is 0.0988. The quantitative estimate of drug-likeness (QED) is 0.618. The normalized spacial score (nSPS) is 23.6. The largest absolute Gasteiger partial charge is 0.386 e. The van der Waals surface area contributed by atoms with Crippen LogP contribution in [0.5, 0.6) is 0 Å². The number of ketones is 1. The van der Waals surface area contributed by atoms with E-state index in [4.69, 9.17) is 10.7 Å².